The standard InChI is InChI=1S/C13H13BrN4OS/c1-8(18-7-10(14)6-16-18)13(19)17-11-4-2-3-9(5-11)12(15)20/h2-8H,1H3,(H2,15,20)(H,17,19). The molecular formula is C13H13BrN4OS. The van der Waals surface area contributed by atoms with Gasteiger partial charge in [0.25, 0.3) is 0 Å². The molecule has 0 aliphatic carbocycles. The highest BCUT2D eigenvalue weighted by Crippen LogP contribution is 2.15. The van der Waals surface area contributed by atoms with Crippen molar-refractivity contribution in [2.24, 2.45) is 5.73 Å². The molecule has 1 heterocycles. The van der Waals surface area contributed by atoms with Gasteiger partial charge in [0.15, 0.2) is 0 Å². The molecule has 0 aliphatic rings. The van der Waals surface area contributed by atoms with Crippen LogP contribution in [0.25, 0.3) is 0 Å². The number of benzene rings is 1. The first-order valence-corrected chi connectivity index (χ1v) is 7.08. The summed E-state index contributed by atoms with van der Waals surface area (Å²) in [6.07, 6.45) is 3.38. The SMILES string of the molecule is CC(C(=O)Nc1cccc(C(N)=S)c1)n1cc(Br)cn1. The summed E-state index contributed by atoms with van der Waals surface area (Å²) >= 11 is 8.21. The van der Waals surface area contributed by atoms with Crippen molar-refractivity contribution in [2.75, 3.05) is 5.32 Å². The summed E-state index contributed by atoms with van der Waals surface area (Å²) in [5.41, 5.74) is 6.93. The molecule has 2 rings (SSSR count). The van der Waals surface area contributed by atoms with Gasteiger partial charge in [0.2, 0.25) is 5.91 Å². The normalized spacial score (nSPS) is 11.9. The molecule has 0 aliphatic heterocycles. The Bertz CT molecular complexity index is 655. The maximum absolute atomic E-state index is 12.2. The quantitative estimate of drug-likeness (QED) is 0.829. The van der Waals surface area contributed by atoms with Crippen LogP contribution in [0.5, 0.6) is 0 Å². The van der Waals surface area contributed by atoms with Gasteiger partial charge in [0.05, 0.1) is 10.7 Å². The van der Waals surface area contributed by atoms with Gasteiger partial charge < -0.3 is 11.1 Å². The Kier molecular flexibility index (Phi) is 4.51. The number of nitrogens with two attached hydrogens (primary N) is 1. The van der Waals surface area contributed by atoms with Crippen LogP contribution in [0.4, 0.5) is 5.69 Å². The summed E-state index contributed by atoms with van der Waals surface area (Å²) < 4.78 is 2.41. The molecule has 1 unspecified atom stereocenters. The Balaban J connectivity index is 2.11. The van der Waals surface area contributed by atoms with Gasteiger partial charge in [0, 0.05) is 17.4 Å². The monoisotopic (exact) mass is 352 g/mol. The predicted octanol–water partition coefficient (Wildman–Crippen LogP) is 2.48. The lowest BCUT2D eigenvalue weighted by atomic mass is 10.2. The molecule has 0 radical (unpaired) electrons. The van der Waals surface area contributed by atoms with E-state index < -0.39 is 6.04 Å². The summed E-state index contributed by atoms with van der Waals surface area (Å²) in [5, 5.41) is 6.91. The molecule has 104 valence electrons. The van der Waals surface area contributed by atoms with Crippen molar-refractivity contribution in [1.82, 2.24) is 9.78 Å². The molecule has 5 nitrogen and oxygen atoms in total. The minimum absolute atomic E-state index is 0.166. The van der Waals surface area contributed by atoms with Gasteiger partial charge in [-0.05, 0) is 35.0 Å². The molecule has 1 atom stereocenters. The fourth-order valence-electron chi connectivity index (χ4n) is 1.64. The molecule has 0 saturated heterocycles. The van der Waals surface area contributed by atoms with Crippen molar-refractivity contribution in [3.8, 4) is 0 Å². The van der Waals surface area contributed by atoms with Gasteiger partial charge >= 0.3 is 0 Å². The Morgan fingerprint density at radius 2 is 2.30 bits per heavy atom. The Morgan fingerprint density at radius 1 is 1.55 bits per heavy atom. The average molecular weight is 353 g/mol. The molecular weight excluding hydrogens is 340 g/mol. The van der Waals surface area contributed by atoms with Crippen LogP contribution in [0.3, 0.4) is 0 Å². The fourth-order valence-corrected chi connectivity index (χ4v) is 2.07. The number of rotatable bonds is 4. The van der Waals surface area contributed by atoms with Gasteiger partial charge in [-0.3, -0.25) is 9.48 Å². The van der Waals surface area contributed by atoms with Crippen molar-refractivity contribution >= 4 is 44.7 Å². The van der Waals surface area contributed by atoms with Crippen molar-refractivity contribution in [3.63, 3.8) is 0 Å². The lowest BCUT2D eigenvalue weighted by Gasteiger charge is -2.13. The zero-order valence-electron chi connectivity index (χ0n) is 10.7. The van der Waals surface area contributed by atoms with Crippen LogP contribution in [0, 0.1) is 0 Å². The maximum Gasteiger partial charge on any atom is 0.248 e. The predicted molar refractivity (Wildman–Crippen MR) is 85.6 cm³/mol. The molecule has 20 heavy (non-hydrogen) atoms. The zero-order chi connectivity index (χ0) is 14.7. The molecule has 0 fully saturated rings. The number of hydrogen-bond donors (Lipinski definition) is 2. The third-order valence-electron chi connectivity index (χ3n) is 2.76. The summed E-state index contributed by atoms with van der Waals surface area (Å²) in [6, 6.07) is 6.69. The molecule has 1 aromatic heterocycles. The van der Waals surface area contributed by atoms with Crippen molar-refractivity contribution in [3.05, 3.63) is 46.7 Å². The maximum atomic E-state index is 12.2. The van der Waals surface area contributed by atoms with E-state index in [1.54, 1.807) is 48.3 Å². The third-order valence-corrected chi connectivity index (χ3v) is 3.41. The lowest BCUT2D eigenvalue weighted by molar-refractivity contribution is -0.119. The van der Waals surface area contributed by atoms with Crippen LogP contribution in [0.15, 0.2) is 41.1 Å². The summed E-state index contributed by atoms with van der Waals surface area (Å²) in [4.78, 5) is 12.4. The van der Waals surface area contributed by atoms with Crippen LogP contribution in [-0.2, 0) is 4.79 Å². The molecule has 7 heteroatoms. The van der Waals surface area contributed by atoms with Crippen LogP contribution >= 0.6 is 28.1 Å². The van der Waals surface area contributed by atoms with E-state index in [4.69, 9.17) is 18.0 Å². The fraction of sp³-hybridized carbons (Fsp3) is 0.154. The molecule has 1 aromatic carbocycles. The lowest BCUT2D eigenvalue weighted by Crippen LogP contribution is -2.24. The van der Waals surface area contributed by atoms with Gasteiger partial charge in [-0.25, -0.2) is 0 Å². The average Bonchev–Trinajstić information content (AvgIpc) is 2.84. The van der Waals surface area contributed by atoms with Crippen LogP contribution in [0.2, 0.25) is 0 Å². The number of amides is 1. The number of aromatic nitrogens is 2. The number of nitrogens with one attached hydrogen (secondary N) is 1. The molecule has 3 N–H and O–H groups in total. The third kappa shape index (κ3) is 3.43. The van der Waals surface area contributed by atoms with Gasteiger partial charge in [0.1, 0.15) is 11.0 Å². The van der Waals surface area contributed by atoms with E-state index in [2.05, 4.69) is 26.3 Å². The zero-order valence-corrected chi connectivity index (χ0v) is 13.1. The largest absolute Gasteiger partial charge is 0.389 e. The summed E-state index contributed by atoms with van der Waals surface area (Å²) in [7, 11) is 0. The second-order valence-corrected chi connectivity index (χ2v) is 5.60. The summed E-state index contributed by atoms with van der Waals surface area (Å²) in [5.74, 6) is -0.166. The van der Waals surface area contributed by atoms with E-state index in [1.807, 2.05) is 0 Å². The van der Waals surface area contributed by atoms with E-state index in [0.29, 0.717) is 16.2 Å². The topological polar surface area (TPSA) is 72.9 Å². The van der Waals surface area contributed by atoms with E-state index >= 15 is 0 Å². The number of hydrogen-bond acceptors (Lipinski definition) is 3. The number of carbonyl (C=O) groups is 1. The number of nitrogens with zero attached hydrogens (tertiary/aromatic N) is 2. The van der Waals surface area contributed by atoms with Crippen molar-refractivity contribution < 1.29 is 4.79 Å². The number of halogens is 1. The molecule has 2 aromatic rings. The van der Waals surface area contributed by atoms with E-state index in [0.717, 1.165) is 4.47 Å². The van der Waals surface area contributed by atoms with E-state index in [-0.39, 0.29) is 5.91 Å². The van der Waals surface area contributed by atoms with Gasteiger partial charge in [-0.2, -0.15) is 5.10 Å². The van der Waals surface area contributed by atoms with Crippen LogP contribution in [-0.4, -0.2) is 20.7 Å². The van der Waals surface area contributed by atoms with Gasteiger partial charge in [-0.15, -0.1) is 0 Å². The summed E-state index contributed by atoms with van der Waals surface area (Å²) in [6.45, 7) is 1.77. The first kappa shape index (κ1) is 14.7. The van der Waals surface area contributed by atoms with Crippen molar-refractivity contribution in [1.29, 1.82) is 0 Å². The molecule has 0 saturated carbocycles. The minimum Gasteiger partial charge on any atom is -0.389 e. The molecule has 0 bridgehead atoms. The second-order valence-electron chi connectivity index (χ2n) is 4.25. The highest BCUT2D eigenvalue weighted by atomic mass is 79.9. The Morgan fingerprint density at radius 3 is 2.90 bits per heavy atom. The highest BCUT2D eigenvalue weighted by molar-refractivity contribution is 9.10. The van der Waals surface area contributed by atoms with E-state index in [9.17, 15) is 4.79 Å². The van der Waals surface area contributed by atoms with Crippen LogP contribution < -0.4 is 11.1 Å². The second kappa shape index (κ2) is 6.15. The highest BCUT2D eigenvalue weighted by Gasteiger charge is 2.16. The van der Waals surface area contributed by atoms with E-state index in [1.165, 1.54) is 0 Å². The number of anilines is 1. The first-order valence-electron chi connectivity index (χ1n) is 5.88. The number of carbonyl (C=O) groups excluding carboxylic acids is 1. The van der Waals surface area contributed by atoms with Crippen molar-refractivity contribution in [2.45, 2.75) is 13.0 Å². The molecule has 1 amide bonds. The van der Waals surface area contributed by atoms with Crippen LogP contribution in [0.1, 0.15) is 18.5 Å². The number of thiocarbonyl (C=S) groups is 1. The van der Waals surface area contributed by atoms with Gasteiger partial charge in [-0.1, -0.05) is 24.4 Å². The Hall–Kier alpha value is -1.73. The minimum atomic E-state index is -0.421. The smallest absolute Gasteiger partial charge is 0.248 e. The molecule has 0 spiro atoms. The first-order chi connectivity index (χ1) is 9.47. The Labute approximate surface area is 130 Å².